The zero-order chi connectivity index (χ0) is 18.2. The number of amides is 1. The molecule has 0 heterocycles. The van der Waals surface area contributed by atoms with E-state index in [0.717, 1.165) is 6.42 Å². The molecule has 0 unspecified atom stereocenters. The van der Waals surface area contributed by atoms with Gasteiger partial charge in [0.05, 0.1) is 10.6 Å². The quantitative estimate of drug-likeness (QED) is 0.476. The van der Waals surface area contributed by atoms with Crippen LogP contribution >= 0.6 is 0 Å². The van der Waals surface area contributed by atoms with E-state index in [2.05, 4.69) is 17.5 Å². The summed E-state index contributed by atoms with van der Waals surface area (Å²) < 4.78 is 5.39. The number of nitro benzene ring substituents is 1. The number of nitrogens with one attached hydrogen (secondary N) is 1. The fraction of sp³-hybridized carbons (Fsp3) is 0.222. The highest BCUT2D eigenvalue weighted by atomic mass is 16.6. The minimum absolute atomic E-state index is 0.00285. The Bertz CT molecular complexity index is 768. The average Bonchev–Trinajstić information content (AvgIpc) is 2.64. The Balaban J connectivity index is 1.86. The molecule has 7 heteroatoms. The highest BCUT2D eigenvalue weighted by molar-refractivity contribution is 5.99. The van der Waals surface area contributed by atoms with Crippen LogP contribution in [0.4, 0.5) is 5.69 Å². The molecule has 0 aliphatic rings. The summed E-state index contributed by atoms with van der Waals surface area (Å²) >= 11 is 0. The fourth-order valence-electron chi connectivity index (χ4n) is 2.04. The van der Waals surface area contributed by atoms with E-state index in [9.17, 15) is 14.9 Å². The first-order valence-electron chi connectivity index (χ1n) is 7.79. The molecular weight excluding hydrogens is 322 g/mol. The van der Waals surface area contributed by atoms with E-state index >= 15 is 0 Å². The minimum atomic E-state index is -0.470. The second-order valence-electron chi connectivity index (χ2n) is 5.32. The summed E-state index contributed by atoms with van der Waals surface area (Å²) in [4.78, 5) is 21.9. The van der Waals surface area contributed by atoms with Crippen LogP contribution in [-0.2, 0) is 11.2 Å². The Morgan fingerprint density at radius 2 is 1.80 bits per heavy atom. The molecule has 0 spiro atoms. The molecule has 1 N–H and O–H groups in total. The molecule has 0 atom stereocenters. The van der Waals surface area contributed by atoms with Crippen LogP contribution in [-0.4, -0.2) is 23.1 Å². The molecule has 7 nitrogen and oxygen atoms in total. The van der Waals surface area contributed by atoms with Crippen molar-refractivity contribution in [2.75, 3.05) is 6.61 Å². The molecule has 130 valence electrons. The van der Waals surface area contributed by atoms with E-state index in [-0.39, 0.29) is 18.2 Å². The van der Waals surface area contributed by atoms with Gasteiger partial charge in [-0.2, -0.15) is 5.10 Å². The molecule has 0 saturated carbocycles. The van der Waals surface area contributed by atoms with Gasteiger partial charge in [-0.1, -0.05) is 19.1 Å². The second-order valence-corrected chi connectivity index (χ2v) is 5.32. The van der Waals surface area contributed by atoms with Gasteiger partial charge in [-0.25, -0.2) is 5.43 Å². The fourth-order valence-corrected chi connectivity index (χ4v) is 2.04. The van der Waals surface area contributed by atoms with Crippen molar-refractivity contribution in [3.63, 3.8) is 0 Å². The summed E-state index contributed by atoms with van der Waals surface area (Å²) in [7, 11) is 0. The number of nitro groups is 1. The van der Waals surface area contributed by atoms with Gasteiger partial charge in [-0.05, 0) is 48.7 Å². The van der Waals surface area contributed by atoms with E-state index in [1.54, 1.807) is 19.1 Å². The summed E-state index contributed by atoms with van der Waals surface area (Å²) in [6.45, 7) is 3.61. The molecule has 2 rings (SSSR count). The van der Waals surface area contributed by atoms with Crippen molar-refractivity contribution < 1.29 is 14.5 Å². The first-order chi connectivity index (χ1) is 12.0. The summed E-state index contributed by atoms with van der Waals surface area (Å²) in [5.74, 6) is 0.226. The summed E-state index contributed by atoms with van der Waals surface area (Å²) in [6, 6.07) is 13.5. The number of aryl methyl sites for hydroxylation is 1. The van der Waals surface area contributed by atoms with Crippen molar-refractivity contribution in [3.05, 3.63) is 69.8 Å². The van der Waals surface area contributed by atoms with Gasteiger partial charge in [0.25, 0.3) is 11.6 Å². The van der Waals surface area contributed by atoms with Crippen LogP contribution in [0.3, 0.4) is 0 Å². The maximum absolute atomic E-state index is 11.8. The zero-order valence-corrected chi connectivity index (χ0v) is 14.1. The van der Waals surface area contributed by atoms with Gasteiger partial charge in [0, 0.05) is 12.1 Å². The van der Waals surface area contributed by atoms with Crippen molar-refractivity contribution in [1.29, 1.82) is 0 Å². The third-order valence-electron chi connectivity index (χ3n) is 3.55. The molecule has 0 bridgehead atoms. The summed E-state index contributed by atoms with van der Waals surface area (Å²) in [6.07, 6.45) is 0.942. The summed E-state index contributed by atoms with van der Waals surface area (Å²) in [5.41, 5.74) is 4.82. The maximum atomic E-state index is 11.8. The predicted molar refractivity (Wildman–Crippen MR) is 94.8 cm³/mol. The lowest BCUT2D eigenvalue weighted by molar-refractivity contribution is -0.384. The van der Waals surface area contributed by atoms with E-state index < -0.39 is 4.92 Å². The molecule has 0 fully saturated rings. The monoisotopic (exact) mass is 341 g/mol. The number of carbonyl (C=O) groups is 1. The van der Waals surface area contributed by atoms with Crippen molar-refractivity contribution in [2.24, 2.45) is 5.10 Å². The van der Waals surface area contributed by atoms with E-state index in [1.807, 2.05) is 24.3 Å². The molecule has 2 aromatic carbocycles. The smallest absolute Gasteiger partial charge is 0.277 e. The number of carbonyl (C=O) groups excluding carboxylic acids is 1. The Morgan fingerprint density at radius 3 is 2.36 bits per heavy atom. The van der Waals surface area contributed by atoms with Crippen LogP contribution in [0.15, 0.2) is 53.6 Å². The van der Waals surface area contributed by atoms with Crippen molar-refractivity contribution >= 4 is 17.3 Å². The molecule has 0 aliphatic carbocycles. The first kappa shape index (κ1) is 18.1. The Hall–Kier alpha value is -3.22. The molecular formula is C18H19N3O4. The van der Waals surface area contributed by atoms with Crippen molar-refractivity contribution in [3.8, 4) is 5.75 Å². The van der Waals surface area contributed by atoms with Crippen molar-refractivity contribution in [2.45, 2.75) is 20.3 Å². The largest absolute Gasteiger partial charge is 0.484 e. The van der Waals surface area contributed by atoms with Crippen LogP contribution in [0.1, 0.15) is 25.0 Å². The van der Waals surface area contributed by atoms with Crippen LogP contribution in [0.2, 0.25) is 0 Å². The number of nitrogens with zero attached hydrogens (tertiary/aromatic N) is 2. The van der Waals surface area contributed by atoms with Gasteiger partial charge >= 0.3 is 0 Å². The highest BCUT2D eigenvalue weighted by Crippen LogP contribution is 2.13. The van der Waals surface area contributed by atoms with E-state index in [0.29, 0.717) is 17.0 Å². The molecule has 0 aliphatic heterocycles. The number of rotatable bonds is 7. The number of non-ortho nitro benzene ring substituents is 1. The number of hydrogen-bond acceptors (Lipinski definition) is 5. The minimum Gasteiger partial charge on any atom is -0.484 e. The molecule has 0 radical (unpaired) electrons. The Kier molecular flexibility index (Phi) is 6.22. The molecule has 2 aromatic rings. The summed E-state index contributed by atoms with van der Waals surface area (Å²) in [5, 5.41) is 14.6. The van der Waals surface area contributed by atoms with Crippen molar-refractivity contribution in [1.82, 2.24) is 5.43 Å². The van der Waals surface area contributed by atoms with Crippen LogP contribution in [0.5, 0.6) is 5.75 Å². The predicted octanol–water partition coefficient (Wildman–Crippen LogP) is 3.08. The van der Waals surface area contributed by atoms with Gasteiger partial charge in [0.15, 0.2) is 6.61 Å². The lowest BCUT2D eigenvalue weighted by Gasteiger charge is -2.06. The number of hydrazone groups is 1. The van der Waals surface area contributed by atoms with Gasteiger partial charge in [-0.3, -0.25) is 14.9 Å². The zero-order valence-electron chi connectivity index (χ0n) is 14.1. The topological polar surface area (TPSA) is 93.8 Å². The Labute approximate surface area is 145 Å². The second kappa shape index (κ2) is 8.58. The number of ether oxygens (including phenoxy) is 1. The SMILES string of the molecule is CCc1ccc(OCC(=O)NN=C(C)c2ccc([N+](=O)[O-])cc2)cc1. The standard InChI is InChI=1S/C18H19N3O4/c1-3-14-4-10-17(11-5-14)25-12-18(22)20-19-13(2)15-6-8-16(9-7-15)21(23)24/h4-11H,3,12H2,1-2H3,(H,20,22). The first-order valence-corrected chi connectivity index (χ1v) is 7.79. The van der Waals surface area contributed by atoms with Crippen LogP contribution in [0.25, 0.3) is 0 Å². The van der Waals surface area contributed by atoms with Gasteiger partial charge in [0.2, 0.25) is 0 Å². The third kappa shape index (κ3) is 5.42. The maximum Gasteiger partial charge on any atom is 0.277 e. The number of hydrogen-bond donors (Lipinski definition) is 1. The van der Waals surface area contributed by atoms with Gasteiger partial charge < -0.3 is 4.74 Å². The third-order valence-corrected chi connectivity index (χ3v) is 3.55. The van der Waals surface area contributed by atoms with Crippen LogP contribution < -0.4 is 10.2 Å². The lowest BCUT2D eigenvalue weighted by atomic mass is 10.1. The molecule has 0 saturated heterocycles. The van der Waals surface area contributed by atoms with E-state index in [1.165, 1.54) is 17.7 Å². The average molecular weight is 341 g/mol. The van der Waals surface area contributed by atoms with Crippen LogP contribution in [0, 0.1) is 10.1 Å². The number of benzene rings is 2. The lowest BCUT2D eigenvalue weighted by Crippen LogP contribution is -2.25. The van der Waals surface area contributed by atoms with E-state index in [4.69, 9.17) is 4.74 Å². The van der Waals surface area contributed by atoms with Gasteiger partial charge in [-0.15, -0.1) is 0 Å². The highest BCUT2D eigenvalue weighted by Gasteiger charge is 2.06. The Morgan fingerprint density at radius 1 is 1.16 bits per heavy atom. The normalized spacial score (nSPS) is 11.0. The molecule has 25 heavy (non-hydrogen) atoms. The molecule has 1 amide bonds. The van der Waals surface area contributed by atoms with Gasteiger partial charge in [0.1, 0.15) is 5.75 Å². The molecule has 0 aromatic heterocycles.